The first kappa shape index (κ1) is 13.9. The van der Waals surface area contributed by atoms with Gasteiger partial charge in [0.25, 0.3) is 0 Å². The molecule has 1 saturated carbocycles. The van der Waals surface area contributed by atoms with E-state index in [1.807, 2.05) is 22.9 Å². The molecule has 0 spiro atoms. The van der Waals surface area contributed by atoms with E-state index in [2.05, 4.69) is 22.4 Å². The van der Waals surface area contributed by atoms with Crippen LogP contribution in [-0.4, -0.2) is 27.3 Å². The summed E-state index contributed by atoms with van der Waals surface area (Å²) in [6.45, 7) is 2.29. The van der Waals surface area contributed by atoms with Crippen LogP contribution in [0.3, 0.4) is 0 Å². The molecule has 1 aromatic heterocycles. The van der Waals surface area contributed by atoms with Crippen LogP contribution in [0, 0.1) is 5.92 Å². The van der Waals surface area contributed by atoms with E-state index in [1.54, 1.807) is 7.11 Å². The summed E-state index contributed by atoms with van der Waals surface area (Å²) < 4.78 is 7.37. The number of tetrazole rings is 1. The van der Waals surface area contributed by atoms with Gasteiger partial charge in [-0.25, -0.2) is 4.68 Å². The Morgan fingerprint density at radius 1 is 1.33 bits per heavy atom. The third-order valence-corrected chi connectivity index (χ3v) is 4.24. The van der Waals surface area contributed by atoms with E-state index in [0.717, 1.165) is 24.2 Å². The van der Waals surface area contributed by atoms with E-state index in [0.29, 0.717) is 23.4 Å². The molecule has 0 aliphatic heterocycles. The van der Waals surface area contributed by atoms with Gasteiger partial charge in [0.1, 0.15) is 0 Å². The second-order valence-corrected chi connectivity index (χ2v) is 5.80. The molecule has 0 bridgehead atoms. The van der Waals surface area contributed by atoms with Gasteiger partial charge in [-0.15, -0.1) is 5.10 Å². The van der Waals surface area contributed by atoms with Crippen LogP contribution in [0.25, 0.3) is 11.4 Å². The fourth-order valence-electron chi connectivity index (χ4n) is 3.20. The molecule has 3 rings (SSSR count). The van der Waals surface area contributed by atoms with Crippen LogP contribution in [0.4, 0.5) is 5.69 Å². The van der Waals surface area contributed by atoms with E-state index in [9.17, 15) is 0 Å². The fraction of sp³-hybridized carbons (Fsp3) is 0.533. The van der Waals surface area contributed by atoms with Gasteiger partial charge in [0, 0.05) is 0 Å². The lowest BCUT2D eigenvalue weighted by atomic mass is 9.87. The van der Waals surface area contributed by atoms with Crippen LogP contribution in [0.5, 0.6) is 5.75 Å². The summed E-state index contributed by atoms with van der Waals surface area (Å²) in [5.74, 6) is 2.08. The van der Waals surface area contributed by atoms with Gasteiger partial charge in [0.2, 0.25) is 0 Å². The molecule has 1 heterocycles. The first-order chi connectivity index (χ1) is 10.2. The highest BCUT2D eigenvalue weighted by atomic mass is 16.5. The van der Waals surface area contributed by atoms with Gasteiger partial charge in [-0.05, 0) is 41.3 Å². The van der Waals surface area contributed by atoms with Crippen LogP contribution < -0.4 is 10.5 Å². The Morgan fingerprint density at radius 3 is 2.95 bits per heavy atom. The van der Waals surface area contributed by atoms with Gasteiger partial charge in [-0.2, -0.15) is 0 Å². The SMILES string of the molecule is COc1c(N)cccc1-c1nnnn1C1CCCC(C)C1. The predicted molar refractivity (Wildman–Crippen MR) is 80.9 cm³/mol. The maximum absolute atomic E-state index is 5.99. The molecule has 21 heavy (non-hydrogen) atoms. The molecular weight excluding hydrogens is 266 g/mol. The maximum atomic E-state index is 5.99. The zero-order chi connectivity index (χ0) is 14.8. The number of ether oxygens (including phenoxy) is 1. The lowest BCUT2D eigenvalue weighted by Crippen LogP contribution is -2.19. The minimum Gasteiger partial charge on any atom is -0.494 e. The summed E-state index contributed by atoms with van der Waals surface area (Å²) in [6, 6.07) is 6.02. The molecule has 2 unspecified atom stereocenters. The monoisotopic (exact) mass is 287 g/mol. The molecule has 1 aromatic carbocycles. The minimum absolute atomic E-state index is 0.352. The lowest BCUT2D eigenvalue weighted by Gasteiger charge is -2.27. The van der Waals surface area contributed by atoms with Gasteiger partial charge in [-0.3, -0.25) is 0 Å². The fourth-order valence-corrected chi connectivity index (χ4v) is 3.20. The van der Waals surface area contributed by atoms with Crippen molar-refractivity contribution in [3.63, 3.8) is 0 Å². The Hall–Kier alpha value is -2.11. The maximum Gasteiger partial charge on any atom is 0.186 e. The molecule has 6 nitrogen and oxygen atoms in total. The second kappa shape index (κ2) is 5.71. The highest BCUT2D eigenvalue weighted by molar-refractivity contribution is 5.73. The van der Waals surface area contributed by atoms with Crippen molar-refractivity contribution in [2.75, 3.05) is 12.8 Å². The van der Waals surface area contributed by atoms with Gasteiger partial charge in [-0.1, -0.05) is 25.8 Å². The molecule has 2 atom stereocenters. The largest absolute Gasteiger partial charge is 0.494 e. The van der Waals surface area contributed by atoms with Crippen LogP contribution in [0.1, 0.15) is 38.6 Å². The number of benzene rings is 1. The molecule has 0 saturated heterocycles. The Bertz CT molecular complexity index is 624. The smallest absolute Gasteiger partial charge is 0.186 e. The first-order valence-electron chi connectivity index (χ1n) is 7.41. The third-order valence-electron chi connectivity index (χ3n) is 4.24. The van der Waals surface area contributed by atoms with Crippen molar-refractivity contribution >= 4 is 5.69 Å². The summed E-state index contributed by atoms with van der Waals surface area (Å²) >= 11 is 0. The normalized spacial score (nSPS) is 22.2. The van der Waals surface area contributed by atoms with Crippen molar-refractivity contribution < 1.29 is 4.74 Å². The number of methoxy groups -OCH3 is 1. The number of para-hydroxylation sites is 1. The van der Waals surface area contributed by atoms with E-state index in [-0.39, 0.29) is 0 Å². The summed E-state index contributed by atoms with van der Waals surface area (Å²) in [4.78, 5) is 0. The third kappa shape index (κ3) is 2.57. The minimum atomic E-state index is 0.352. The van der Waals surface area contributed by atoms with Gasteiger partial charge in [0.05, 0.1) is 24.4 Å². The standard InChI is InChI=1S/C15H21N5O/c1-10-5-3-6-11(9-10)20-15(17-18-19-20)12-7-4-8-13(16)14(12)21-2/h4,7-8,10-11H,3,5-6,9,16H2,1-2H3. The van der Waals surface area contributed by atoms with Crippen LogP contribution in [-0.2, 0) is 0 Å². The molecule has 1 aliphatic rings. The summed E-state index contributed by atoms with van der Waals surface area (Å²) in [5.41, 5.74) is 7.43. The van der Waals surface area contributed by atoms with Crippen molar-refractivity contribution in [3.8, 4) is 17.1 Å². The molecule has 6 heteroatoms. The zero-order valence-corrected chi connectivity index (χ0v) is 12.5. The quantitative estimate of drug-likeness (QED) is 0.878. The zero-order valence-electron chi connectivity index (χ0n) is 12.5. The van der Waals surface area contributed by atoms with E-state index >= 15 is 0 Å². The van der Waals surface area contributed by atoms with Crippen molar-refractivity contribution in [1.29, 1.82) is 0 Å². The molecular formula is C15H21N5O. The summed E-state index contributed by atoms with van der Waals surface area (Å²) in [6.07, 6.45) is 4.74. The van der Waals surface area contributed by atoms with Crippen molar-refractivity contribution in [1.82, 2.24) is 20.2 Å². The predicted octanol–water partition coefficient (Wildman–Crippen LogP) is 2.68. The number of hydrogen-bond donors (Lipinski definition) is 1. The Labute approximate surface area is 124 Å². The van der Waals surface area contributed by atoms with Crippen LogP contribution in [0.15, 0.2) is 18.2 Å². The summed E-state index contributed by atoms with van der Waals surface area (Å²) in [5, 5.41) is 12.3. The van der Waals surface area contributed by atoms with Gasteiger partial charge in [0.15, 0.2) is 11.6 Å². The number of rotatable bonds is 3. The number of hydrogen-bond acceptors (Lipinski definition) is 5. The Kier molecular flexibility index (Phi) is 3.77. The lowest BCUT2D eigenvalue weighted by molar-refractivity contribution is 0.265. The molecule has 1 aliphatic carbocycles. The van der Waals surface area contributed by atoms with Gasteiger partial charge < -0.3 is 10.5 Å². The van der Waals surface area contributed by atoms with E-state index in [4.69, 9.17) is 10.5 Å². The number of nitrogens with zero attached hydrogens (tertiary/aromatic N) is 4. The molecule has 0 radical (unpaired) electrons. The summed E-state index contributed by atoms with van der Waals surface area (Å²) in [7, 11) is 1.62. The molecule has 112 valence electrons. The molecule has 2 N–H and O–H groups in total. The highest BCUT2D eigenvalue weighted by Crippen LogP contribution is 2.37. The molecule has 0 amide bonds. The van der Waals surface area contributed by atoms with Crippen LogP contribution in [0.2, 0.25) is 0 Å². The van der Waals surface area contributed by atoms with Crippen LogP contribution >= 0.6 is 0 Å². The van der Waals surface area contributed by atoms with Crippen molar-refractivity contribution in [3.05, 3.63) is 18.2 Å². The second-order valence-electron chi connectivity index (χ2n) is 5.80. The Morgan fingerprint density at radius 2 is 2.19 bits per heavy atom. The van der Waals surface area contributed by atoms with E-state index in [1.165, 1.54) is 12.8 Å². The number of nitrogens with two attached hydrogens (primary N) is 1. The number of aromatic nitrogens is 4. The highest BCUT2D eigenvalue weighted by Gasteiger charge is 2.25. The number of anilines is 1. The Balaban J connectivity index is 2.01. The van der Waals surface area contributed by atoms with Crippen molar-refractivity contribution in [2.45, 2.75) is 38.6 Å². The average Bonchev–Trinajstić information content (AvgIpc) is 2.96. The van der Waals surface area contributed by atoms with E-state index < -0.39 is 0 Å². The van der Waals surface area contributed by atoms with Gasteiger partial charge >= 0.3 is 0 Å². The van der Waals surface area contributed by atoms with Crippen molar-refractivity contribution in [2.24, 2.45) is 5.92 Å². The average molecular weight is 287 g/mol. The first-order valence-corrected chi connectivity index (χ1v) is 7.41. The topological polar surface area (TPSA) is 78.8 Å². The number of nitrogen functional groups attached to an aromatic ring is 1. The molecule has 2 aromatic rings. The molecule has 1 fully saturated rings.